The lowest BCUT2D eigenvalue weighted by atomic mass is 9.86. The Labute approximate surface area is 150 Å². The molecule has 0 saturated carbocycles. The number of rotatable bonds is 5. The van der Waals surface area contributed by atoms with Crippen LogP contribution >= 0.6 is 0 Å². The molecule has 1 heterocycles. The Morgan fingerprint density at radius 3 is 2.44 bits per heavy atom. The van der Waals surface area contributed by atoms with E-state index in [9.17, 15) is 14.7 Å². The van der Waals surface area contributed by atoms with Crippen molar-refractivity contribution in [1.82, 2.24) is 4.90 Å². The first-order chi connectivity index (χ1) is 11.6. The number of ketones is 1. The zero-order valence-corrected chi connectivity index (χ0v) is 15.7. The number of amides is 1. The fourth-order valence-corrected chi connectivity index (χ4v) is 3.10. The molecule has 25 heavy (non-hydrogen) atoms. The van der Waals surface area contributed by atoms with Crippen LogP contribution < -0.4 is 5.73 Å². The molecule has 1 amide bonds. The fourth-order valence-electron chi connectivity index (χ4n) is 3.10. The average Bonchev–Trinajstić information content (AvgIpc) is 2.93. The first kappa shape index (κ1) is 19.6. The monoisotopic (exact) mass is 346 g/mol. The van der Waals surface area contributed by atoms with E-state index in [2.05, 4.69) is 0 Å². The molecule has 0 aliphatic carbocycles. The Morgan fingerprint density at radius 2 is 1.88 bits per heavy atom. The average molecular weight is 346 g/mol. The van der Waals surface area contributed by atoms with Gasteiger partial charge in [-0.2, -0.15) is 0 Å². The van der Waals surface area contributed by atoms with Crippen LogP contribution in [-0.4, -0.2) is 46.4 Å². The molecule has 1 aliphatic heterocycles. The number of carbonyl (C=O) groups is 2. The van der Waals surface area contributed by atoms with Crippen molar-refractivity contribution in [2.45, 2.75) is 65.1 Å². The van der Waals surface area contributed by atoms with Gasteiger partial charge in [-0.15, -0.1) is 0 Å². The number of hydrogen-bond acceptors (Lipinski definition) is 4. The van der Waals surface area contributed by atoms with E-state index < -0.39 is 18.2 Å². The number of Topliss-reactive ketones (excluding diaryl/α,β-unsaturated/α-hetero) is 1. The summed E-state index contributed by atoms with van der Waals surface area (Å²) in [6.45, 7) is 7.91. The summed E-state index contributed by atoms with van der Waals surface area (Å²) in [4.78, 5) is 26.9. The van der Waals surface area contributed by atoms with Crippen LogP contribution in [0.5, 0.6) is 0 Å². The molecule has 5 heteroatoms. The van der Waals surface area contributed by atoms with Crippen LogP contribution in [0.1, 0.15) is 44.7 Å². The minimum absolute atomic E-state index is 0.00779. The van der Waals surface area contributed by atoms with Gasteiger partial charge in [-0.05, 0) is 24.3 Å². The van der Waals surface area contributed by atoms with Gasteiger partial charge in [0, 0.05) is 19.4 Å². The summed E-state index contributed by atoms with van der Waals surface area (Å²) >= 11 is 0. The van der Waals surface area contributed by atoms with E-state index in [0.717, 1.165) is 5.56 Å². The molecule has 0 bridgehead atoms. The number of nitrogens with two attached hydrogens (primary N) is 1. The van der Waals surface area contributed by atoms with E-state index in [4.69, 9.17) is 5.73 Å². The number of nitrogens with zero attached hydrogens (tertiary/aromatic N) is 1. The maximum atomic E-state index is 12.7. The zero-order chi connectivity index (χ0) is 18.8. The maximum absolute atomic E-state index is 12.7. The molecule has 3 atom stereocenters. The Bertz CT molecular complexity index is 619. The van der Waals surface area contributed by atoms with Crippen LogP contribution in [0.15, 0.2) is 24.3 Å². The van der Waals surface area contributed by atoms with Gasteiger partial charge in [-0.25, -0.2) is 0 Å². The Balaban J connectivity index is 2.03. The number of hydrogen-bond donors (Lipinski definition) is 2. The molecule has 3 N–H and O–H groups in total. The minimum atomic E-state index is -0.690. The number of benzene rings is 1. The van der Waals surface area contributed by atoms with Crippen molar-refractivity contribution in [3.05, 3.63) is 35.4 Å². The highest BCUT2D eigenvalue weighted by atomic mass is 16.3. The highest BCUT2D eigenvalue weighted by Crippen LogP contribution is 2.26. The van der Waals surface area contributed by atoms with Gasteiger partial charge in [0.05, 0.1) is 18.2 Å². The van der Waals surface area contributed by atoms with Gasteiger partial charge < -0.3 is 15.7 Å². The molecule has 2 rings (SSSR count). The van der Waals surface area contributed by atoms with E-state index in [1.165, 1.54) is 10.5 Å². The van der Waals surface area contributed by atoms with Gasteiger partial charge in [-0.3, -0.25) is 9.59 Å². The number of aliphatic hydroxyl groups is 1. The quantitative estimate of drug-likeness (QED) is 0.852. The largest absolute Gasteiger partial charge is 0.391 e. The molecule has 0 unspecified atom stereocenters. The second-order valence-electron chi connectivity index (χ2n) is 8.19. The van der Waals surface area contributed by atoms with Gasteiger partial charge in [0.25, 0.3) is 0 Å². The SMILES string of the molecule is Cc1ccc(CCC(=O)[C@@H]2C[C@@H](O)CN2C(=O)[C@@H](N)C(C)(C)C)cc1. The highest BCUT2D eigenvalue weighted by molar-refractivity contribution is 5.92. The van der Waals surface area contributed by atoms with Crippen LogP contribution in [0.25, 0.3) is 0 Å². The van der Waals surface area contributed by atoms with E-state index in [0.29, 0.717) is 19.3 Å². The summed E-state index contributed by atoms with van der Waals surface area (Å²) in [5.74, 6) is -0.260. The minimum Gasteiger partial charge on any atom is -0.391 e. The molecule has 138 valence electrons. The first-order valence-corrected chi connectivity index (χ1v) is 8.92. The summed E-state index contributed by atoms with van der Waals surface area (Å²) in [5.41, 5.74) is 7.97. The number of likely N-dealkylation sites (tertiary alicyclic amines) is 1. The standard InChI is InChI=1S/C20H30N2O3/c1-13-5-7-14(8-6-13)9-10-17(24)16-11-15(23)12-22(16)19(25)18(21)20(2,3)4/h5-8,15-16,18,23H,9-12,21H2,1-4H3/t15-,16+,18-/m1/s1. The molecule has 1 aliphatic rings. The van der Waals surface area contributed by atoms with E-state index in [1.54, 1.807) is 0 Å². The third-order valence-electron chi connectivity index (χ3n) is 4.91. The van der Waals surface area contributed by atoms with Crippen molar-refractivity contribution in [1.29, 1.82) is 0 Å². The second-order valence-corrected chi connectivity index (χ2v) is 8.19. The van der Waals surface area contributed by atoms with Crippen LogP contribution in [0.4, 0.5) is 0 Å². The highest BCUT2D eigenvalue weighted by Gasteiger charge is 2.42. The summed E-state index contributed by atoms with van der Waals surface area (Å²) < 4.78 is 0. The molecule has 0 spiro atoms. The van der Waals surface area contributed by atoms with Crippen molar-refractivity contribution in [2.24, 2.45) is 11.1 Å². The van der Waals surface area contributed by atoms with Gasteiger partial charge in [0.2, 0.25) is 5.91 Å². The van der Waals surface area contributed by atoms with Gasteiger partial charge in [-0.1, -0.05) is 50.6 Å². The number of carbonyl (C=O) groups excluding carboxylic acids is 2. The third-order valence-corrected chi connectivity index (χ3v) is 4.91. The molecular weight excluding hydrogens is 316 g/mol. The lowest BCUT2D eigenvalue weighted by molar-refractivity contribution is -0.140. The number of β-amino-alcohol motifs (C(OH)–C–C–N with tert-alkyl or cyclic N) is 1. The predicted octanol–water partition coefficient (Wildman–Crippen LogP) is 1.83. The lowest BCUT2D eigenvalue weighted by Crippen LogP contribution is -2.53. The maximum Gasteiger partial charge on any atom is 0.240 e. The van der Waals surface area contributed by atoms with Crippen molar-refractivity contribution >= 4 is 11.7 Å². The molecular formula is C20H30N2O3. The molecule has 1 aromatic rings. The summed E-state index contributed by atoms with van der Waals surface area (Å²) in [5, 5.41) is 9.98. The smallest absolute Gasteiger partial charge is 0.240 e. The molecule has 1 aromatic carbocycles. The van der Waals surface area contributed by atoms with Crippen LogP contribution in [0.3, 0.4) is 0 Å². The first-order valence-electron chi connectivity index (χ1n) is 8.92. The number of aliphatic hydroxyl groups excluding tert-OH is 1. The molecule has 1 fully saturated rings. The zero-order valence-electron chi connectivity index (χ0n) is 15.7. The Kier molecular flexibility index (Phi) is 6.01. The topological polar surface area (TPSA) is 83.6 Å². The fraction of sp³-hybridized carbons (Fsp3) is 0.600. The van der Waals surface area contributed by atoms with Crippen LogP contribution in [-0.2, 0) is 16.0 Å². The van der Waals surface area contributed by atoms with Crippen molar-refractivity contribution in [2.75, 3.05) is 6.54 Å². The van der Waals surface area contributed by atoms with Crippen molar-refractivity contribution in [3.8, 4) is 0 Å². The summed E-state index contributed by atoms with van der Waals surface area (Å²) in [6.07, 6.45) is 0.632. The Hall–Kier alpha value is -1.72. The summed E-state index contributed by atoms with van der Waals surface area (Å²) in [7, 11) is 0. The summed E-state index contributed by atoms with van der Waals surface area (Å²) in [6, 6.07) is 6.83. The molecule has 5 nitrogen and oxygen atoms in total. The Morgan fingerprint density at radius 1 is 1.28 bits per heavy atom. The van der Waals surface area contributed by atoms with Crippen LogP contribution in [0.2, 0.25) is 0 Å². The van der Waals surface area contributed by atoms with Crippen molar-refractivity contribution in [3.63, 3.8) is 0 Å². The molecule has 0 aromatic heterocycles. The van der Waals surface area contributed by atoms with Crippen molar-refractivity contribution < 1.29 is 14.7 Å². The van der Waals surface area contributed by atoms with Gasteiger partial charge >= 0.3 is 0 Å². The number of aryl methyl sites for hydroxylation is 2. The van der Waals surface area contributed by atoms with E-state index in [-0.39, 0.29) is 23.7 Å². The normalized spacial score (nSPS) is 22.1. The van der Waals surface area contributed by atoms with Crippen LogP contribution in [0, 0.1) is 12.3 Å². The van der Waals surface area contributed by atoms with E-state index >= 15 is 0 Å². The van der Waals surface area contributed by atoms with Gasteiger partial charge in [0.15, 0.2) is 5.78 Å². The lowest BCUT2D eigenvalue weighted by Gasteiger charge is -2.32. The molecule has 1 saturated heterocycles. The second kappa shape index (κ2) is 7.67. The predicted molar refractivity (Wildman–Crippen MR) is 98.1 cm³/mol. The van der Waals surface area contributed by atoms with Gasteiger partial charge in [0.1, 0.15) is 0 Å². The third kappa shape index (κ3) is 4.89. The van der Waals surface area contributed by atoms with E-state index in [1.807, 2.05) is 52.0 Å². The molecule has 0 radical (unpaired) electrons.